The Morgan fingerprint density at radius 2 is 2.04 bits per heavy atom. The van der Waals surface area contributed by atoms with E-state index in [0.29, 0.717) is 11.5 Å². The van der Waals surface area contributed by atoms with Crippen molar-refractivity contribution in [2.24, 2.45) is 0 Å². The van der Waals surface area contributed by atoms with E-state index < -0.39 is 6.04 Å². The Morgan fingerprint density at radius 1 is 1.24 bits per heavy atom. The summed E-state index contributed by atoms with van der Waals surface area (Å²) in [5.41, 5.74) is 3.65. The van der Waals surface area contributed by atoms with Gasteiger partial charge in [-0.25, -0.2) is 0 Å². The zero-order valence-electron chi connectivity index (χ0n) is 14.5. The second-order valence-electron chi connectivity index (χ2n) is 6.14. The van der Waals surface area contributed by atoms with Crippen LogP contribution < -0.4 is 10.6 Å². The number of fused-ring (bicyclic) bond motifs is 1. The fraction of sp³-hybridized carbons (Fsp3) is 0.263. The van der Waals surface area contributed by atoms with Crippen molar-refractivity contribution in [3.8, 4) is 0 Å². The van der Waals surface area contributed by atoms with Crippen LogP contribution in [0.25, 0.3) is 10.9 Å². The number of amides is 2. The summed E-state index contributed by atoms with van der Waals surface area (Å²) in [7, 11) is 0. The summed E-state index contributed by atoms with van der Waals surface area (Å²) in [6.45, 7) is 6.00. The number of nitrogens with one attached hydrogen (secondary N) is 3. The molecule has 2 amide bonds. The minimum absolute atomic E-state index is 0.270. The van der Waals surface area contributed by atoms with Crippen LogP contribution in [0.3, 0.4) is 0 Å². The molecule has 0 aliphatic rings. The third-order valence-electron chi connectivity index (χ3n) is 4.35. The van der Waals surface area contributed by atoms with Crippen molar-refractivity contribution in [1.29, 1.82) is 0 Å². The zero-order valence-corrected chi connectivity index (χ0v) is 14.5. The van der Waals surface area contributed by atoms with E-state index in [9.17, 15) is 9.59 Å². The van der Waals surface area contributed by atoms with Gasteiger partial charge in [-0.2, -0.15) is 0 Å². The van der Waals surface area contributed by atoms with Gasteiger partial charge < -0.3 is 20.0 Å². The molecule has 3 N–H and O–H groups in total. The Balaban J connectivity index is 1.65. The normalized spacial score (nSPS) is 12.1. The lowest BCUT2D eigenvalue weighted by atomic mass is 10.1. The Labute approximate surface area is 145 Å². The van der Waals surface area contributed by atoms with Crippen LogP contribution in [-0.2, 0) is 11.3 Å². The van der Waals surface area contributed by atoms with Crippen LogP contribution >= 0.6 is 0 Å². The van der Waals surface area contributed by atoms with E-state index in [1.807, 2.05) is 32.0 Å². The third kappa shape index (κ3) is 3.57. The van der Waals surface area contributed by atoms with Crippen molar-refractivity contribution in [1.82, 2.24) is 15.6 Å². The number of hydrogen-bond donors (Lipinski definition) is 3. The molecule has 130 valence electrons. The predicted octanol–water partition coefficient (Wildman–Crippen LogP) is 2.81. The Morgan fingerprint density at radius 3 is 2.76 bits per heavy atom. The molecule has 0 radical (unpaired) electrons. The Bertz CT molecular complexity index is 910. The molecule has 3 rings (SSSR count). The van der Waals surface area contributed by atoms with Crippen molar-refractivity contribution in [2.45, 2.75) is 33.4 Å². The van der Waals surface area contributed by atoms with Crippen LogP contribution in [0.2, 0.25) is 0 Å². The molecule has 0 aliphatic heterocycles. The molecule has 0 unspecified atom stereocenters. The number of rotatable bonds is 5. The standard InChI is InChI=1S/C19H21N3O3/c1-11-6-7-16-15(12(11)2)9-17(22-16)19(24)21-13(3)18(23)20-10-14-5-4-8-25-14/h4-9,13,22H,10H2,1-3H3,(H,20,23)(H,21,24)/t13-/m0/s1. The van der Waals surface area contributed by atoms with Crippen molar-refractivity contribution in [3.05, 3.63) is 59.2 Å². The van der Waals surface area contributed by atoms with Gasteiger partial charge in [-0.05, 0) is 56.2 Å². The lowest BCUT2D eigenvalue weighted by Gasteiger charge is -2.13. The summed E-state index contributed by atoms with van der Waals surface area (Å²) in [5.74, 6) is 0.0788. The number of H-pyrrole nitrogens is 1. The van der Waals surface area contributed by atoms with Gasteiger partial charge in [0.1, 0.15) is 17.5 Å². The van der Waals surface area contributed by atoms with Gasteiger partial charge in [0.15, 0.2) is 0 Å². The number of carbonyl (C=O) groups is 2. The molecule has 0 spiro atoms. The van der Waals surface area contributed by atoms with Gasteiger partial charge in [0.05, 0.1) is 12.8 Å². The molecule has 0 aliphatic carbocycles. The zero-order chi connectivity index (χ0) is 18.0. The van der Waals surface area contributed by atoms with E-state index in [4.69, 9.17) is 4.42 Å². The van der Waals surface area contributed by atoms with Gasteiger partial charge in [0.2, 0.25) is 5.91 Å². The minimum Gasteiger partial charge on any atom is -0.467 e. The fourth-order valence-corrected chi connectivity index (χ4v) is 2.66. The summed E-state index contributed by atoms with van der Waals surface area (Å²) >= 11 is 0. The summed E-state index contributed by atoms with van der Waals surface area (Å²) < 4.78 is 5.16. The van der Waals surface area contributed by atoms with E-state index in [1.165, 1.54) is 5.56 Å². The maximum Gasteiger partial charge on any atom is 0.268 e. The lowest BCUT2D eigenvalue weighted by Crippen LogP contribution is -2.44. The number of benzene rings is 1. The highest BCUT2D eigenvalue weighted by Gasteiger charge is 2.18. The van der Waals surface area contributed by atoms with E-state index >= 15 is 0 Å². The van der Waals surface area contributed by atoms with Crippen LogP contribution in [0.15, 0.2) is 41.0 Å². The highest BCUT2D eigenvalue weighted by atomic mass is 16.3. The molecular weight excluding hydrogens is 318 g/mol. The smallest absolute Gasteiger partial charge is 0.268 e. The molecule has 2 aromatic heterocycles. The van der Waals surface area contributed by atoms with Crippen LogP contribution in [0.1, 0.15) is 34.3 Å². The second kappa shape index (κ2) is 6.84. The largest absolute Gasteiger partial charge is 0.467 e. The van der Waals surface area contributed by atoms with E-state index in [1.54, 1.807) is 25.3 Å². The Hall–Kier alpha value is -3.02. The number of furan rings is 1. The average molecular weight is 339 g/mol. The first kappa shape index (κ1) is 16.8. The lowest BCUT2D eigenvalue weighted by molar-refractivity contribution is -0.122. The first-order valence-electron chi connectivity index (χ1n) is 8.15. The van der Waals surface area contributed by atoms with Crippen LogP contribution in [0.5, 0.6) is 0 Å². The fourth-order valence-electron chi connectivity index (χ4n) is 2.66. The second-order valence-corrected chi connectivity index (χ2v) is 6.14. The molecule has 1 aromatic carbocycles. The number of aromatic nitrogens is 1. The molecule has 0 fully saturated rings. The van der Waals surface area contributed by atoms with Gasteiger partial charge in [-0.15, -0.1) is 0 Å². The summed E-state index contributed by atoms with van der Waals surface area (Å²) in [6, 6.07) is 8.66. The average Bonchev–Trinajstić information content (AvgIpc) is 3.25. The van der Waals surface area contributed by atoms with Crippen molar-refractivity contribution in [2.75, 3.05) is 0 Å². The molecule has 1 atom stereocenters. The van der Waals surface area contributed by atoms with Gasteiger partial charge in [0.25, 0.3) is 5.91 Å². The number of carbonyl (C=O) groups excluding carboxylic acids is 2. The van der Waals surface area contributed by atoms with Crippen LogP contribution in [-0.4, -0.2) is 22.8 Å². The molecule has 6 heteroatoms. The van der Waals surface area contributed by atoms with Crippen molar-refractivity contribution < 1.29 is 14.0 Å². The molecular formula is C19H21N3O3. The SMILES string of the molecule is Cc1ccc2[nH]c(C(=O)N[C@@H](C)C(=O)NCc3ccco3)cc2c1C. The highest BCUT2D eigenvalue weighted by Crippen LogP contribution is 2.22. The number of aromatic amines is 1. The summed E-state index contributed by atoms with van der Waals surface area (Å²) in [4.78, 5) is 27.6. The number of hydrogen-bond acceptors (Lipinski definition) is 3. The maximum absolute atomic E-state index is 12.4. The van der Waals surface area contributed by atoms with Crippen LogP contribution in [0.4, 0.5) is 0 Å². The molecule has 0 saturated carbocycles. The van der Waals surface area contributed by atoms with Gasteiger partial charge >= 0.3 is 0 Å². The molecule has 25 heavy (non-hydrogen) atoms. The first-order valence-corrected chi connectivity index (χ1v) is 8.15. The maximum atomic E-state index is 12.4. The quantitative estimate of drug-likeness (QED) is 0.668. The van der Waals surface area contributed by atoms with Gasteiger partial charge in [-0.1, -0.05) is 6.07 Å². The highest BCUT2D eigenvalue weighted by molar-refractivity contribution is 6.00. The molecule has 0 saturated heterocycles. The van der Waals surface area contributed by atoms with Gasteiger partial charge in [-0.3, -0.25) is 9.59 Å². The Kier molecular flexibility index (Phi) is 4.61. The number of aryl methyl sites for hydroxylation is 2. The van der Waals surface area contributed by atoms with Crippen molar-refractivity contribution >= 4 is 22.7 Å². The molecule has 3 aromatic rings. The van der Waals surface area contributed by atoms with E-state index in [0.717, 1.165) is 16.5 Å². The third-order valence-corrected chi connectivity index (χ3v) is 4.35. The van der Waals surface area contributed by atoms with E-state index in [2.05, 4.69) is 15.6 Å². The monoisotopic (exact) mass is 339 g/mol. The van der Waals surface area contributed by atoms with E-state index in [-0.39, 0.29) is 18.4 Å². The summed E-state index contributed by atoms with van der Waals surface area (Å²) in [6.07, 6.45) is 1.55. The molecule has 0 bridgehead atoms. The molecule has 6 nitrogen and oxygen atoms in total. The molecule has 2 heterocycles. The van der Waals surface area contributed by atoms with Crippen molar-refractivity contribution in [3.63, 3.8) is 0 Å². The van der Waals surface area contributed by atoms with Gasteiger partial charge in [0, 0.05) is 10.9 Å². The topological polar surface area (TPSA) is 87.1 Å². The predicted molar refractivity (Wildman–Crippen MR) is 95.3 cm³/mol. The summed E-state index contributed by atoms with van der Waals surface area (Å²) in [5, 5.41) is 6.45. The minimum atomic E-state index is -0.656. The first-order chi connectivity index (χ1) is 12.0. The van der Waals surface area contributed by atoms with Crippen LogP contribution in [0, 0.1) is 13.8 Å².